The smallest absolute Gasteiger partial charge is 0.174 e. The van der Waals surface area contributed by atoms with E-state index in [1.807, 2.05) is 23.2 Å². The average molecular weight is 324 g/mol. The van der Waals surface area contributed by atoms with E-state index in [4.69, 9.17) is 0 Å². The Hall–Kier alpha value is -1.32. The molecule has 104 valence electrons. The van der Waals surface area contributed by atoms with Crippen LogP contribution in [0.2, 0.25) is 0 Å². The van der Waals surface area contributed by atoms with Gasteiger partial charge in [0.15, 0.2) is 4.34 Å². The average Bonchev–Trinajstić information content (AvgIpc) is 3.16. The van der Waals surface area contributed by atoms with Crippen molar-refractivity contribution >= 4 is 34.4 Å². The molecule has 0 N–H and O–H groups in total. The molecule has 0 saturated carbocycles. The van der Waals surface area contributed by atoms with E-state index in [0.717, 1.165) is 38.8 Å². The van der Waals surface area contributed by atoms with Crippen LogP contribution in [0, 0.1) is 6.92 Å². The van der Waals surface area contributed by atoms with E-state index in [9.17, 15) is 0 Å². The number of hydrogen-bond acceptors (Lipinski definition) is 8. The minimum atomic E-state index is 0.840. The molecule has 0 spiro atoms. The Labute approximate surface area is 128 Å². The third-order valence-electron chi connectivity index (χ3n) is 2.45. The van der Waals surface area contributed by atoms with E-state index in [1.165, 1.54) is 0 Å². The highest BCUT2D eigenvalue weighted by Gasteiger charge is 2.06. The molecule has 20 heavy (non-hydrogen) atoms. The summed E-state index contributed by atoms with van der Waals surface area (Å²) in [5.74, 6) is 1.00. The largest absolute Gasteiger partial charge is 0.252 e. The number of thiazole rings is 1. The molecule has 0 fully saturated rings. The van der Waals surface area contributed by atoms with Gasteiger partial charge in [0.25, 0.3) is 0 Å². The first kappa shape index (κ1) is 13.7. The van der Waals surface area contributed by atoms with Gasteiger partial charge in [-0.25, -0.2) is 4.98 Å². The zero-order chi connectivity index (χ0) is 13.8. The topological polar surface area (TPSA) is 69.4 Å². The summed E-state index contributed by atoms with van der Waals surface area (Å²) in [6.07, 6.45) is 4.74. The summed E-state index contributed by atoms with van der Waals surface area (Å²) >= 11 is 4.95. The normalized spacial score (nSPS) is 11.1. The first-order chi connectivity index (χ1) is 9.81. The van der Waals surface area contributed by atoms with Gasteiger partial charge in [0.1, 0.15) is 15.7 Å². The van der Waals surface area contributed by atoms with Crippen molar-refractivity contribution in [3.05, 3.63) is 22.8 Å². The molecule has 0 aliphatic heterocycles. The Balaban J connectivity index is 1.47. The highest BCUT2D eigenvalue weighted by atomic mass is 32.2. The second-order valence-electron chi connectivity index (χ2n) is 3.99. The highest BCUT2D eigenvalue weighted by Crippen LogP contribution is 2.22. The van der Waals surface area contributed by atoms with E-state index in [2.05, 4.69) is 25.5 Å². The predicted octanol–water partition coefficient (Wildman–Crippen LogP) is 2.74. The molecule has 0 aliphatic carbocycles. The Morgan fingerprint density at radius 1 is 1.30 bits per heavy atom. The second-order valence-corrected chi connectivity index (χ2v) is 7.41. The molecule has 3 aromatic rings. The van der Waals surface area contributed by atoms with E-state index in [-0.39, 0.29) is 0 Å². The molecule has 0 atom stereocenters. The lowest BCUT2D eigenvalue weighted by Crippen LogP contribution is -1.99. The third-order valence-corrected chi connectivity index (χ3v) is 5.31. The lowest BCUT2D eigenvalue weighted by Gasteiger charge is -1.98. The molecule has 9 heteroatoms. The van der Waals surface area contributed by atoms with E-state index >= 15 is 0 Å². The molecule has 3 heterocycles. The Kier molecular flexibility index (Phi) is 4.38. The standard InChI is InChI=1S/C11H12N6S3/c1-8-13-15-11(20-8)19-5-2-4-17-7-9(14-16-17)10-12-3-6-18-10/h3,6-7H,2,4-5H2,1H3. The van der Waals surface area contributed by atoms with Crippen LogP contribution in [0.5, 0.6) is 0 Å². The molecule has 0 aliphatic rings. The molecular weight excluding hydrogens is 312 g/mol. The molecule has 0 aromatic carbocycles. The SMILES string of the molecule is Cc1nnc(SCCCn2cc(-c3nccs3)nn2)s1. The highest BCUT2D eigenvalue weighted by molar-refractivity contribution is 8.01. The molecule has 0 amide bonds. The van der Waals surface area contributed by atoms with Crippen molar-refractivity contribution in [1.82, 2.24) is 30.2 Å². The zero-order valence-electron chi connectivity index (χ0n) is 10.8. The van der Waals surface area contributed by atoms with Crippen molar-refractivity contribution < 1.29 is 0 Å². The number of aromatic nitrogens is 6. The summed E-state index contributed by atoms with van der Waals surface area (Å²) in [6, 6.07) is 0. The van der Waals surface area contributed by atoms with Crippen molar-refractivity contribution in [1.29, 1.82) is 0 Å². The summed E-state index contributed by atoms with van der Waals surface area (Å²) in [6.45, 7) is 2.82. The first-order valence-electron chi connectivity index (χ1n) is 6.04. The van der Waals surface area contributed by atoms with Crippen molar-refractivity contribution in [3.8, 4) is 10.7 Å². The molecule has 0 radical (unpaired) electrons. The van der Waals surface area contributed by atoms with E-state index in [1.54, 1.807) is 40.6 Å². The molecule has 0 saturated heterocycles. The van der Waals surface area contributed by atoms with Gasteiger partial charge in [0.05, 0.1) is 6.20 Å². The lowest BCUT2D eigenvalue weighted by molar-refractivity contribution is 0.582. The summed E-state index contributed by atoms with van der Waals surface area (Å²) in [5, 5.41) is 20.2. The van der Waals surface area contributed by atoms with E-state index < -0.39 is 0 Å². The maximum atomic E-state index is 4.22. The fourth-order valence-electron chi connectivity index (χ4n) is 1.58. The fourth-order valence-corrected chi connectivity index (χ4v) is 3.98. The monoisotopic (exact) mass is 324 g/mol. The van der Waals surface area contributed by atoms with Crippen LogP contribution in [-0.4, -0.2) is 35.9 Å². The first-order valence-corrected chi connectivity index (χ1v) is 8.72. The molecule has 3 aromatic heterocycles. The minimum Gasteiger partial charge on any atom is -0.252 e. The van der Waals surface area contributed by atoms with Gasteiger partial charge in [0.2, 0.25) is 0 Å². The molecule has 6 nitrogen and oxygen atoms in total. The zero-order valence-corrected chi connectivity index (χ0v) is 13.2. The fraction of sp³-hybridized carbons (Fsp3) is 0.364. The van der Waals surface area contributed by atoms with Crippen molar-refractivity contribution in [3.63, 3.8) is 0 Å². The Bertz CT molecular complexity index is 659. The number of rotatable bonds is 6. The summed E-state index contributed by atoms with van der Waals surface area (Å²) < 4.78 is 2.90. The van der Waals surface area contributed by atoms with Crippen LogP contribution in [0.15, 0.2) is 22.1 Å². The summed E-state index contributed by atoms with van der Waals surface area (Å²) in [7, 11) is 0. The van der Waals surface area contributed by atoms with Crippen LogP contribution in [0.3, 0.4) is 0 Å². The maximum absolute atomic E-state index is 4.22. The predicted molar refractivity (Wildman–Crippen MR) is 81.1 cm³/mol. The van der Waals surface area contributed by atoms with Gasteiger partial charge in [-0.2, -0.15) is 0 Å². The second kappa shape index (κ2) is 6.42. The number of nitrogens with zero attached hydrogens (tertiary/aromatic N) is 6. The van der Waals surface area contributed by atoms with Crippen molar-refractivity contribution in [2.24, 2.45) is 0 Å². The molecular formula is C11H12N6S3. The van der Waals surface area contributed by atoms with Gasteiger partial charge in [-0.05, 0) is 13.3 Å². The van der Waals surface area contributed by atoms with Crippen LogP contribution in [0.4, 0.5) is 0 Å². The Morgan fingerprint density at radius 3 is 3.00 bits per heavy atom. The molecule has 0 bridgehead atoms. The quantitative estimate of drug-likeness (QED) is 0.513. The molecule has 3 rings (SSSR count). The van der Waals surface area contributed by atoms with Gasteiger partial charge >= 0.3 is 0 Å². The van der Waals surface area contributed by atoms with Crippen molar-refractivity contribution in [2.75, 3.05) is 5.75 Å². The van der Waals surface area contributed by atoms with Crippen LogP contribution in [-0.2, 0) is 6.54 Å². The van der Waals surface area contributed by atoms with Gasteiger partial charge in [-0.3, -0.25) is 4.68 Å². The maximum Gasteiger partial charge on any atom is 0.174 e. The van der Waals surface area contributed by atoms with Crippen LogP contribution in [0.25, 0.3) is 10.7 Å². The van der Waals surface area contributed by atoms with Gasteiger partial charge in [-0.1, -0.05) is 28.3 Å². The number of hydrogen-bond donors (Lipinski definition) is 0. The van der Waals surface area contributed by atoms with Crippen LogP contribution < -0.4 is 0 Å². The number of thioether (sulfide) groups is 1. The van der Waals surface area contributed by atoms with Gasteiger partial charge in [0, 0.05) is 23.9 Å². The lowest BCUT2D eigenvalue weighted by atomic mass is 10.4. The minimum absolute atomic E-state index is 0.840. The number of aryl methyl sites for hydroxylation is 2. The van der Waals surface area contributed by atoms with Gasteiger partial charge in [-0.15, -0.1) is 26.6 Å². The van der Waals surface area contributed by atoms with Gasteiger partial charge < -0.3 is 0 Å². The van der Waals surface area contributed by atoms with E-state index in [0.29, 0.717) is 0 Å². The van der Waals surface area contributed by atoms with Crippen molar-refractivity contribution in [2.45, 2.75) is 24.2 Å². The van der Waals surface area contributed by atoms with Crippen LogP contribution >= 0.6 is 34.4 Å². The summed E-state index contributed by atoms with van der Waals surface area (Å²) in [4.78, 5) is 4.22. The summed E-state index contributed by atoms with van der Waals surface area (Å²) in [5.41, 5.74) is 0.840. The van der Waals surface area contributed by atoms with Crippen LogP contribution in [0.1, 0.15) is 11.4 Å². The molecule has 0 unspecified atom stereocenters. The Morgan fingerprint density at radius 2 is 2.25 bits per heavy atom. The third kappa shape index (κ3) is 3.41.